The van der Waals surface area contributed by atoms with Crippen LogP contribution in [0.1, 0.15) is 54.9 Å². The van der Waals surface area contributed by atoms with E-state index in [1.54, 1.807) is 0 Å². The van der Waals surface area contributed by atoms with E-state index in [9.17, 15) is 4.79 Å². The molecule has 0 aromatic carbocycles. The van der Waals surface area contributed by atoms with Gasteiger partial charge in [-0.3, -0.25) is 4.79 Å². The predicted octanol–water partition coefficient (Wildman–Crippen LogP) is 2.99. The minimum atomic E-state index is -0.156. The molecule has 0 bridgehead atoms. The van der Waals surface area contributed by atoms with Gasteiger partial charge >= 0.3 is 5.97 Å². The summed E-state index contributed by atoms with van der Waals surface area (Å²) in [5, 5.41) is 3.53. The summed E-state index contributed by atoms with van der Waals surface area (Å²) < 4.78 is 4.77. The van der Waals surface area contributed by atoms with Crippen molar-refractivity contribution in [1.29, 1.82) is 0 Å². The summed E-state index contributed by atoms with van der Waals surface area (Å²) in [4.78, 5) is 11.5. The molecule has 0 aliphatic rings. The standard InChI is InChI=1S/C14H29NO2/c1-10(12(16)17-8)11(2)15-14(6,7)9-13(3,4)5/h10-11,15H,9H2,1-8H3. The molecule has 0 aromatic rings. The third-order valence-corrected chi connectivity index (χ3v) is 2.91. The summed E-state index contributed by atoms with van der Waals surface area (Å²) in [5.74, 6) is -0.282. The Hall–Kier alpha value is -0.570. The van der Waals surface area contributed by atoms with Gasteiger partial charge in [-0.25, -0.2) is 0 Å². The second-order valence-electron chi connectivity index (χ2n) is 6.87. The van der Waals surface area contributed by atoms with Crippen LogP contribution in [0, 0.1) is 11.3 Å². The van der Waals surface area contributed by atoms with Gasteiger partial charge in [-0.2, -0.15) is 0 Å². The molecule has 3 heteroatoms. The van der Waals surface area contributed by atoms with Gasteiger partial charge in [0.05, 0.1) is 13.0 Å². The maximum Gasteiger partial charge on any atom is 0.309 e. The molecule has 2 unspecified atom stereocenters. The molecule has 0 aromatic heterocycles. The number of ether oxygens (including phenoxy) is 1. The Balaban J connectivity index is 4.46. The maximum absolute atomic E-state index is 11.5. The Morgan fingerprint density at radius 2 is 1.65 bits per heavy atom. The average Bonchev–Trinajstić information content (AvgIpc) is 2.10. The smallest absolute Gasteiger partial charge is 0.309 e. The molecule has 0 aliphatic carbocycles. The van der Waals surface area contributed by atoms with Gasteiger partial charge in [0.15, 0.2) is 0 Å². The number of carbonyl (C=O) groups excluding carboxylic acids is 1. The van der Waals surface area contributed by atoms with Crippen molar-refractivity contribution in [1.82, 2.24) is 5.32 Å². The number of hydrogen-bond donors (Lipinski definition) is 1. The molecule has 0 saturated carbocycles. The second-order valence-corrected chi connectivity index (χ2v) is 6.87. The molecular weight excluding hydrogens is 214 g/mol. The van der Waals surface area contributed by atoms with Crippen molar-refractivity contribution in [2.45, 2.75) is 66.5 Å². The molecule has 102 valence electrons. The fraction of sp³-hybridized carbons (Fsp3) is 0.929. The molecule has 0 saturated heterocycles. The normalized spacial score (nSPS) is 16.5. The summed E-state index contributed by atoms with van der Waals surface area (Å²) in [7, 11) is 1.44. The van der Waals surface area contributed by atoms with Crippen LogP contribution < -0.4 is 5.32 Å². The second kappa shape index (κ2) is 5.85. The zero-order valence-corrected chi connectivity index (χ0v) is 12.7. The molecular formula is C14H29NO2. The van der Waals surface area contributed by atoms with Gasteiger partial charge in [0.2, 0.25) is 0 Å². The number of rotatable bonds is 5. The lowest BCUT2D eigenvalue weighted by atomic mass is 9.81. The molecule has 1 N–H and O–H groups in total. The fourth-order valence-electron chi connectivity index (χ4n) is 2.51. The number of nitrogens with one attached hydrogen (secondary N) is 1. The summed E-state index contributed by atoms with van der Waals surface area (Å²) in [6.45, 7) is 15.0. The maximum atomic E-state index is 11.5. The first-order valence-electron chi connectivity index (χ1n) is 6.34. The van der Waals surface area contributed by atoms with E-state index in [-0.39, 0.29) is 28.9 Å². The van der Waals surface area contributed by atoms with E-state index in [2.05, 4.69) is 39.9 Å². The molecule has 0 heterocycles. The van der Waals surface area contributed by atoms with Crippen molar-refractivity contribution >= 4 is 5.97 Å². The molecule has 3 nitrogen and oxygen atoms in total. The van der Waals surface area contributed by atoms with Crippen molar-refractivity contribution < 1.29 is 9.53 Å². The Morgan fingerprint density at radius 3 is 2.00 bits per heavy atom. The summed E-state index contributed by atoms with van der Waals surface area (Å²) in [6.07, 6.45) is 1.05. The highest BCUT2D eigenvalue weighted by Crippen LogP contribution is 2.27. The van der Waals surface area contributed by atoms with Crippen LogP contribution in [0.4, 0.5) is 0 Å². The summed E-state index contributed by atoms with van der Waals surface area (Å²) in [5.41, 5.74) is 0.282. The Kier molecular flexibility index (Phi) is 5.66. The Morgan fingerprint density at radius 1 is 1.18 bits per heavy atom. The van der Waals surface area contributed by atoms with E-state index < -0.39 is 0 Å². The molecule has 0 spiro atoms. The van der Waals surface area contributed by atoms with E-state index in [1.165, 1.54) is 7.11 Å². The lowest BCUT2D eigenvalue weighted by Gasteiger charge is -2.37. The fourth-order valence-corrected chi connectivity index (χ4v) is 2.51. The molecule has 0 aliphatic heterocycles. The highest BCUT2D eigenvalue weighted by atomic mass is 16.5. The van der Waals surface area contributed by atoms with Gasteiger partial charge in [0.1, 0.15) is 0 Å². The van der Waals surface area contributed by atoms with E-state index in [0.29, 0.717) is 0 Å². The van der Waals surface area contributed by atoms with E-state index in [1.807, 2.05) is 13.8 Å². The monoisotopic (exact) mass is 243 g/mol. The van der Waals surface area contributed by atoms with Gasteiger partial charge in [-0.15, -0.1) is 0 Å². The largest absolute Gasteiger partial charge is 0.469 e. The van der Waals surface area contributed by atoms with Gasteiger partial charge in [0, 0.05) is 11.6 Å². The van der Waals surface area contributed by atoms with E-state index in [0.717, 1.165) is 6.42 Å². The van der Waals surface area contributed by atoms with Crippen LogP contribution in [0.2, 0.25) is 0 Å². The van der Waals surface area contributed by atoms with Crippen molar-refractivity contribution in [3.05, 3.63) is 0 Å². The third kappa shape index (κ3) is 6.67. The molecule has 0 rings (SSSR count). The van der Waals surface area contributed by atoms with Gasteiger partial charge in [0.25, 0.3) is 0 Å². The van der Waals surface area contributed by atoms with Crippen LogP contribution in [-0.2, 0) is 9.53 Å². The Labute approximate surface area is 106 Å². The van der Waals surface area contributed by atoms with Crippen LogP contribution in [-0.4, -0.2) is 24.7 Å². The number of hydrogen-bond acceptors (Lipinski definition) is 3. The first-order chi connectivity index (χ1) is 7.48. The minimum absolute atomic E-state index is 0.0138. The summed E-state index contributed by atoms with van der Waals surface area (Å²) >= 11 is 0. The number of esters is 1. The number of methoxy groups -OCH3 is 1. The average molecular weight is 243 g/mol. The summed E-state index contributed by atoms with van der Waals surface area (Å²) in [6, 6.07) is 0.111. The van der Waals surface area contributed by atoms with Crippen LogP contribution in [0.5, 0.6) is 0 Å². The van der Waals surface area contributed by atoms with Gasteiger partial charge in [-0.05, 0) is 32.6 Å². The molecule has 0 fully saturated rings. The van der Waals surface area contributed by atoms with Crippen LogP contribution in [0.25, 0.3) is 0 Å². The van der Waals surface area contributed by atoms with Crippen molar-refractivity contribution in [2.24, 2.45) is 11.3 Å². The lowest BCUT2D eigenvalue weighted by Crippen LogP contribution is -2.50. The molecule has 2 atom stereocenters. The minimum Gasteiger partial charge on any atom is -0.469 e. The van der Waals surface area contributed by atoms with E-state index >= 15 is 0 Å². The first-order valence-corrected chi connectivity index (χ1v) is 6.34. The third-order valence-electron chi connectivity index (χ3n) is 2.91. The lowest BCUT2D eigenvalue weighted by molar-refractivity contribution is -0.145. The van der Waals surface area contributed by atoms with Crippen molar-refractivity contribution in [2.75, 3.05) is 7.11 Å². The van der Waals surface area contributed by atoms with Crippen LogP contribution in [0.15, 0.2) is 0 Å². The first kappa shape index (κ1) is 16.4. The zero-order chi connectivity index (χ0) is 13.9. The van der Waals surface area contributed by atoms with Gasteiger partial charge < -0.3 is 10.1 Å². The highest BCUT2D eigenvalue weighted by molar-refractivity contribution is 5.72. The van der Waals surface area contributed by atoms with E-state index in [4.69, 9.17) is 4.74 Å². The van der Waals surface area contributed by atoms with Crippen LogP contribution >= 0.6 is 0 Å². The SMILES string of the molecule is COC(=O)C(C)C(C)NC(C)(C)CC(C)(C)C. The van der Waals surface area contributed by atoms with Crippen molar-refractivity contribution in [3.8, 4) is 0 Å². The topological polar surface area (TPSA) is 38.3 Å². The highest BCUT2D eigenvalue weighted by Gasteiger charge is 2.30. The van der Waals surface area contributed by atoms with Gasteiger partial charge in [-0.1, -0.05) is 27.7 Å². The predicted molar refractivity (Wildman–Crippen MR) is 71.9 cm³/mol. The molecule has 17 heavy (non-hydrogen) atoms. The molecule has 0 amide bonds. The molecule has 0 radical (unpaired) electrons. The zero-order valence-electron chi connectivity index (χ0n) is 12.7. The van der Waals surface area contributed by atoms with Crippen LogP contribution in [0.3, 0.4) is 0 Å². The quantitative estimate of drug-likeness (QED) is 0.754. The number of carbonyl (C=O) groups is 1. The Bertz CT molecular complexity index is 253. The van der Waals surface area contributed by atoms with Crippen molar-refractivity contribution in [3.63, 3.8) is 0 Å².